The average molecular weight is 467 g/mol. The highest BCUT2D eigenvalue weighted by Gasteiger charge is 2.28. The number of rotatable bonds is 5. The molecule has 9 heteroatoms. The van der Waals surface area contributed by atoms with Crippen LogP contribution in [0.3, 0.4) is 0 Å². The summed E-state index contributed by atoms with van der Waals surface area (Å²) in [4.78, 5) is 40.1. The summed E-state index contributed by atoms with van der Waals surface area (Å²) in [6, 6.07) is 6.93. The number of hydrogen-bond acceptors (Lipinski definition) is 6. The number of anilines is 1. The monoisotopic (exact) mass is 466 g/mol. The van der Waals surface area contributed by atoms with Gasteiger partial charge in [-0.3, -0.25) is 14.4 Å². The van der Waals surface area contributed by atoms with Crippen LogP contribution in [0.1, 0.15) is 57.0 Å². The fourth-order valence-corrected chi connectivity index (χ4v) is 5.91. The maximum absolute atomic E-state index is 13.3. The largest absolute Gasteiger partial charge is 0.376 e. The molecule has 0 radical (unpaired) electrons. The number of carbonyl (C=O) groups is 2. The molecule has 33 heavy (non-hydrogen) atoms. The van der Waals surface area contributed by atoms with Gasteiger partial charge < -0.3 is 15.4 Å². The standard InChI is InChI=1S/C24H26N4O4S/c1-28-24(31)16-9-3-2-8-15(16)20(27-28)22(30)26-23-19(17-10-4-5-11-18(17)33-23)21(29)25-13-14-7-6-12-32-14/h2-3,8-9,14H,4-7,10-13H2,1H3,(H,25,29)(H,26,30)/t14-/m1/s1. The molecule has 172 valence electrons. The Labute approximate surface area is 194 Å². The topological polar surface area (TPSA) is 102 Å². The lowest BCUT2D eigenvalue weighted by Gasteiger charge is -2.15. The van der Waals surface area contributed by atoms with Crippen molar-refractivity contribution in [3.8, 4) is 0 Å². The molecule has 1 fully saturated rings. The second kappa shape index (κ2) is 9.07. The number of fused-ring (bicyclic) bond motifs is 2. The Balaban J connectivity index is 1.47. The first-order valence-corrected chi connectivity index (χ1v) is 12.2. The zero-order valence-corrected chi connectivity index (χ0v) is 19.3. The van der Waals surface area contributed by atoms with E-state index in [4.69, 9.17) is 4.74 Å². The second-order valence-electron chi connectivity index (χ2n) is 8.54. The third kappa shape index (κ3) is 4.18. The zero-order valence-electron chi connectivity index (χ0n) is 18.5. The van der Waals surface area contributed by atoms with Crippen LogP contribution in [-0.4, -0.2) is 40.9 Å². The van der Waals surface area contributed by atoms with Crippen molar-refractivity contribution in [1.82, 2.24) is 15.1 Å². The number of carbonyl (C=O) groups excluding carboxylic acids is 2. The predicted molar refractivity (Wildman–Crippen MR) is 127 cm³/mol. The van der Waals surface area contributed by atoms with E-state index in [-0.39, 0.29) is 23.3 Å². The summed E-state index contributed by atoms with van der Waals surface area (Å²) >= 11 is 1.46. The summed E-state index contributed by atoms with van der Waals surface area (Å²) in [5.74, 6) is -0.618. The molecule has 0 unspecified atom stereocenters. The molecular weight excluding hydrogens is 440 g/mol. The summed E-state index contributed by atoms with van der Waals surface area (Å²) in [5, 5.41) is 11.6. The molecule has 3 heterocycles. The summed E-state index contributed by atoms with van der Waals surface area (Å²) in [7, 11) is 1.53. The number of nitrogens with zero attached hydrogens (tertiary/aromatic N) is 2. The molecule has 0 spiro atoms. The van der Waals surface area contributed by atoms with Gasteiger partial charge in [0.05, 0.1) is 17.1 Å². The van der Waals surface area contributed by atoms with Crippen LogP contribution in [0.5, 0.6) is 0 Å². The van der Waals surface area contributed by atoms with Crippen molar-refractivity contribution in [1.29, 1.82) is 0 Å². The van der Waals surface area contributed by atoms with E-state index in [1.54, 1.807) is 24.3 Å². The molecule has 2 amide bonds. The first kappa shape index (κ1) is 21.8. The Hall–Kier alpha value is -3.04. The van der Waals surface area contributed by atoms with E-state index in [1.807, 2.05) is 0 Å². The molecule has 5 rings (SSSR count). The Bertz CT molecular complexity index is 1290. The van der Waals surface area contributed by atoms with Gasteiger partial charge in [-0.15, -0.1) is 11.3 Å². The van der Waals surface area contributed by atoms with Crippen molar-refractivity contribution in [3.05, 3.63) is 56.3 Å². The smallest absolute Gasteiger partial charge is 0.277 e. The summed E-state index contributed by atoms with van der Waals surface area (Å²) in [6.07, 6.45) is 5.82. The van der Waals surface area contributed by atoms with Crippen molar-refractivity contribution in [2.24, 2.45) is 7.05 Å². The van der Waals surface area contributed by atoms with Crippen LogP contribution < -0.4 is 16.2 Å². The first-order valence-electron chi connectivity index (χ1n) is 11.3. The van der Waals surface area contributed by atoms with Gasteiger partial charge in [0.1, 0.15) is 5.00 Å². The van der Waals surface area contributed by atoms with E-state index in [0.29, 0.717) is 27.9 Å². The van der Waals surface area contributed by atoms with Crippen molar-refractivity contribution in [2.75, 3.05) is 18.5 Å². The number of aryl methyl sites for hydroxylation is 2. The number of aromatic nitrogens is 2. The van der Waals surface area contributed by atoms with Crippen LogP contribution in [0.4, 0.5) is 5.00 Å². The minimum Gasteiger partial charge on any atom is -0.376 e. The Morgan fingerprint density at radius 1 is 1.15 bits per heavy atom. The summed E-state index contributed by atoms with van der Waals surface area (Å²) < 4.78 is 6.80. The highest BCUT2D eigenvalue weighted by atomic mass is 32.1. The average Bonchev–Trinajstić information content (AvgIpc) is 3.47. The molecule has 1 aromatic carbocycles. The fraction of sp³-hybridized carbons (Fsp3) is 0.417. The van der Waals surface area contributed by atoms with Gasteiger partial charge in [0.2, 0.25) is 0 Å². The maximum atomic E-state index is 13.3. The van der Waals surface area contributed by atoms with Crippen LogP contribution in [0.25, 0.3) is 10.8 Å². The lowest BCUT2D eigenvalue weighted by molar-refractivity contribution is 0.0858. The van der Waals surface area contributed by atoms with Crippen LogP contribution in [0.15, 0.2) is 29.1 Å². The van der Waals surface area contributed by atoms with Gasteiger partial charge in [-0.2, -0.15) is 5.10 Å². The molecule has 0 saturated carbocycles. The highest BCUT2D eigenvalue weighted by molar-refractivity contribution is 7.17. The third-order valence-corrected chi connectivity index (χ3v) is 7.52. The number of nitrogens with one attached hydrogen (secondary N) is 2. The normalized spacial score (nSPS) is 17.7. The Morgan fingerprint density at radius 3 is 2.73 bits per heavy atom. The van der Waals surface area contributed by atoms with Gasteiger partial charge in [0.25, 0.3) is 17.4 Å². The predicted octanol–water partition coefficient (Wildman–Crippen LogP) is 3.03. The molecule has 8 nitrogen and oxygen atoms in total. The highest BCUT2D eigenvalue weighted by Crippen LogP contribution is 2.38. The SMILES string of the molecule is Cn1nc(C(=O)Nc2sc3c(c2C(=O)NC[C@H]2CCCO2)CCCC3)c2ccccc2c1=O. The second-order valence-corrected chi connectivity index (χ2v) is 9.64. The number of ether oxygens (including phenoxy) is 1. The van der Waals surface area contributed by atoms with E-state index in [1.165, 1.54) is 23.1 Å². The van der Waals surface area contributed by atoms with Crippen LogP contribution in [0.2, 0.25) is 0 Å². The fourth-order valence-electron chi connectivity index (χ4n) is 4.62. The van der Waals surface area contributed by atoms with Gasteiger partial charge in [-0.1, -0.05) is 18.2 Å². The number of hydrogen-bond donors (Lipinski definition) is 2. The van der Waals surface area contributed by atoms with Crippen LogP contribution >= 0.6 is 11.3 Å². The van der Waals surface area contributed by atoms with Gasteiger partial charge in [0, 0.05) is 30.5 Å². The van der Waals surface area contributed by atoms with Crippen molar-refractivity contribution in [2.45, 2.75) is 44.6 Å². The van der Waals surface area contributed by atoms with Gasteiger partial charge in [0.15, 0.2) is 5.69 Å². The van der Waals surface area contributed by atoms with Gasteiger partial charge in [-0.25, -0.2) is 4.68 Å². The van der Waals surface area contributed by atoms with Crippen molar-refractivity contribution in [3.63, 3.8) is 0 Å². The lowest BCUT2D eigenvalue weighted by Crippen LogP contribution is -2.33. The van der Waals surface area contributed by atoms with E-state index >= 15 is 0 Å². The van der Waals surface area contributed by atoms with Gasteiger partial charge >= 0.3 is 0 Å². The molecule has 2 aliphatic rings. The molecule has 2 N–H and O–H groups in total. The van der Waals surface area contributed by atoms with Crippen molar-refractivity contribution >= 4 is 38.9 Å². The minimum atomic E-state index is -0.437. The molecule has 1 atom stereocenters. The lowest BCUT2D eigenvalue weighted by atomic mass is 9.95. The molecule has 2 aromatic heterocycles. The van der Waals surface area contributed by atoms with Crippen molar-refractivity contribution < 1.29 is 14.3 Å². The zero-order chi connectivity index (χ0) is 22.9. The van der Waals surface area contributed by atoms with E-state index < -0.39 is 5.91 Å². The molecule has 1 aliphatic heterocycles. The molecule has 3 aromatic rings. The molecule has 1 aliphatic carbocycles. The number of benzene rings is 1. The Kier molecular flexibility index (Phi) is 5.99. The third-order valence-electron chi connectivity index (χ3n) is 6.31. The van der Waals surface area contributed by atoms with Crippen LogP contribution in [-0.2, 0) is 24.6 Å². The maximum Gasteiger partial charge on any atom is 0.277 e. The summed E-state index contributed by atoms with van der Waals surface area (Å²) in [6.45, 7) is 1.19. The molecule has 1 saturated heterocycles. The minimum absolute atomic E-state index is 0.0441. The summed E-state index contributed by atoms with van der Waals surface area (Å²) in [5.41, 5.74) is 1.48. The molecular formula is C24H26N4O4S. The number of thiophene rings is 1. The number of amides is 2. The van der Waals surface area contributed by atoms with E-state index in [2.05, 4.69) is 15.7 Å². The van der Waals surface area contributed by atoms with Gasteiger partial charge in [-0.05, 0) is 50.2 Å². The van der Waals surface area contributed by atoms with Crippen LogP contribution in [0, 0.1) is 0 Å². The van der Waals surface area contributed by atoms with E-state index in [9.17, 15) is 14.4 Å². The molecule has 0 bridgehead atoms. The Morgan fingerprint density at radius 2 is 1.94 bits per heavy atom. The quantitative estimate of drug-likeness (QED) is 0.602. The van der Waals surface area contributed by atoms with E-state index in [0.717, 1.165) is 55.6 Å². The first-order chi connectivity index (χ1) is 16.0.